The highest BCUT2D eigenvalue weighted by atomic mass is 79.9. The van der Waals surface area contributed by atoms with Gasteiger partial charge in [0.05, 0.1) is 0 Å². The molecule has 2 rings (SSSR count). The molecule has 0 saturated heterocycles. The molecule has 4 nitrogen and oxygen atoms in total. The van der Waals surface area contributed by atoms with Crippen LogP contribution >= 0.6 is 15.9 Å². The van der Waals surface area contributed by atoms with Gasteiger partial charge in [-0.1, -0.05) is 34.1 Å². The van der Waals surface area contributed by atoms with Gasteiger partial charge in [-0.05, 0) is 42.3 Å². The molecule has 5 heteroatoms. The third-order valence-electron chi connectivity index (χ3n) is 2.82. The number of nitrogens with one attached hydrogen (secondary N) is 2. The lowest BCUT2D eigenvalue weighted by atomic mass is 10.1. The van der Waals surface area contributed by atoms with Crippen molar-refractivity contribution in [2.45, 2.75) is 13.5 Å². The second kappa shape index (κ2) is 6.43. The van der Waals surface area contributed by atoms with Crippen molar-refractivity contribution >= 4 is 33.3 Å². The molecule has 0 saturated carbocycles. The van der Waals surface area contributed by atoms with E-state index < -0.39 is 6.03 Å². The van der Waals surface area contributed by atoms with E-state index in [1.165, 1.54) is 11.1 Å². The molecule has 0 atom stereocenters. The van der Waals surface area contributed by atoms with Gasteiger partial charge in [-0.15, -0.1) is 0 Å². The maximum absolute atomic E-state index is 10.8. The molecule has 20 heavy (non-hydrogen) atoms. The number of carbonyl (C=O) groups excluding carboxylic acids is 1. The zero-order chi connectivity index (χ0) is 14.5. The number of carbonyl (C=O) groups is 1. The van der Waals surface area contributed by atoms with Gasteiger partial charge in [0.15, 0.2) is 0 Å². The quantitative estimate of drug-likeness (QED) is 0.795. The summed E-state index contributed by atoms with van der Waals surface area (Å²) in [5, 5.41) is 5.86. The maximum atomic E-state index is 10.8. The Morgan fingerprint density at radius 3 is 2.65 bits per heavy atom. The molecule has 0 aliphatic heterocycles. The number of primary amides is 1. The fourth-order valence-electron chi connectivity index (χ4n) is 1.84. The first-order valence-electron chi connectivity index (χ1n) is 6.20. The van der Waals surface area contributed by atoms with Crippen LogP contribution in [0.1, 0.15) is 11.1 Å². The molecule has 0 radical (unpaired) electrons. The lowest BCUT2D eigenvalue weighted by Crippen LogP contribution is -2.19. The Hall–Kier alpha value is -2.01. The van der Waals surface area contributed by atoms with Gasteiger partial charge < -0.3 is 16.4 Å². The largest absolute Gasteiger partial charge is 0.381 e. The Kier molecular flexibility index (Phi) is 4.63. The summed E-state index contributed by atoms with van der Waals surface area (Å²) in [4.78, 5) is 10.8. The first-order valence-corrected chi connectivity index (χ1v) is 6.99. The van der Waals surface area contributed by atoms with Gasteiger partial charge in [0, 0.05) is 22.4 Å². The minimum Gasteiger partial charge on any atom is -0.381 e. The smallest absolute Gasteiger partial charge is 0.316 e. The van der Waals surface area contributed by atoms with Gasteiger partial charge in [0.1, 0.15) is 0 Å². The number of urea groups is 1. The van der Waals surface area contributed by atoms with Crippen molar-refractivity contribution < 1.29 is 4.79 Å². The Balaban J connectivity index is 2.05. The van der Waals surface area contributed by atoms with Crippen molar-refractivity contribution in [2.75, 3.05) is 10.6 Å². The standard InChI is InChI=1S/C15H16BrN3O/c1-10-5-6-11(14(16)7-10)9-18-12-3-2-4-13(8-12)19-15(17)20/h2-8,18H,9H2,1H3,(H3,17,19,20). The fourth-order valence-corrected chi connectivity index (χ4v) is 2.48. The molecular formula is C15H16BrN3O. The molecule has 0 aliphatic carbocycles. The highest BCUT2D eigenvalue weighted by Gasteiger charge is 2.01. The molecule has 2 aromatic rings. The van der Waals surface area contributed by atoms with Gasteiger partial charge >= 0.3 is 6.03 Å². The Morgan fingerprint density at radius 2 is 1.95 bits per heavy atom. The van der Waals surface area contributed by atoms with Gasteiger partial charge in [0.25, 0.3) is 0 Å². The summed E-state index contributed by atoms with van der Waals surface area (Å²) in [5.74, 6) is 0. The monoisotopic (exact) mass is 333 g/mol. The summed E-state index contributed by atoms with van der Waals surface area (Å²) in [6.45, 7) is 2.75. The van der Waals surface area contributed by atoms with E-state index in [-0.39, 0.29) is 0 Å². The number of benzene rings is 2. The third-order valence-corrected chi connectivity index (χ3v) is 3.56. The molecule has 2 amide bonds. The van der Waals surface area contributed by atoms with Crippen molar-refractivity contribution in [1.29, 1.82) is 0 Å². The highest BCUT2D eigenvalue weighted by molar-refractivity contribution is 9.10. The van der Waals surface area contributed by atoms with Crippen LogP contribution in [0.4, 0.5) is 16.2 Å². The number of hydrogen-bond acceptors (Lipinski definition) is 2. The summed E-state index contributed by atoms with van der Waals surface area (Å²) < 4.78 is 1.08. The van der Waals surface area contributed by atoms with Crippen molar-refractivity contribution in [1.82, 2.24) is 0 Å². The number of nitrogens with two attached hydrogens (primary N) is 1. The number of rotatable bonds is 4. The number of aryl methyl sites for hydroxylation is 1. The van der Waals surface area contributed by atoms with Crippen LogP contribution in [-0.4, -0.2) is 6.03 Å². The highest BCUT2D eigenvalue weighted by Crippen LogP contribution is 2.21. The van der Waals surface area contributed by atoms with E-state index in [2.05, 4.69) is 51.7 Å². The van der Waals surface area contributed by atoms with Gasteiger partial charge in [-0.2, -0.15) is 0 Å². The number of hydrogen-bond donors (Lipinski definition) is 3. The zero-order valence-corrected chi connectivity index (χ0v) is 12.7. The molecule has 0 aliphatic rings. The third kappa shape index (κ3) is 3.99. The van der Waals surface area contributed by atoms with E-state index in [4.69, 9.17) is 5.73 Å². The lowest BCUT2D eigenvalue weighted by Gasteiger charge is -2.10. The molecule has 0 bridgehead atoms. The van der Waals surface area contributed by atoms with Crippen LogP contribution in [0.5, 0.6) is 0 Å². The molecule has 0 spiro atoms. The number of amides is 2. The zero-order valence-electron chi connectivity index (χ0n) is 11.1. The Labute approximate surface area is 126 Å². The van der Waals surface area contributed by atoms with Crippen molar-refractivity contribution in [3.63, 3.8) is 0 Å². The SMILES string of the molecule is Cc1ccc(CNc2cccc(NC(N)=O)c2)c(Br)c1. The lowest BCUT2D eigenvalue weighted by molar-refractivity contribution is 0.259. The summed E-state index contributed by atoms with van der Waals surface area (Å²) >= 11 is 3.55. The van der Waals surface area contributed by atoms with Crippen LogP contribution in [0, 0.1) is 6.92 Å². The predicted molar refractivity (Wildman–Crippen MR) is 85.9 cm³/mol. The van der Waals surface area contributed by atoms with Crippen LogP contribution in [-0.2, 0) is 6.54 Å². The van der Waals surface area contributed by atoms with Crippen molar-refractivity contribution in [3.8, 4) is 0 Å². The summed E-state index contributed by atoms with van der Waals surface area (Å²) in [6.07, 6.45) is 0. The van der Waals surface area contributed by atoms with Crippen LogP contribution in [0.2, 0.25) is 0 Å². The molecule has 0 unspecified atom stereocenters. The predicted octanol–water partition coefficient (Wildman–Crippen LogP) is 3.86. The Morgan fingerprint density at radius 1 is 1.20 bits per heavy atom. The van der Waals surface area contributed by atoms with Crippen LogP contribution in [0.3, 0.4) is 0 Å². The first kappa shape index (κ1) is 14.4. The van der Waals surface area contributed by atoms with E-state index >= 15 is 0 Å². The number of halogens is 1. The maximum Gasteiger partial charge on any atom is 0.316 e. The molecular weight excluding hydrogens is 318 g/mol. The van der Waals surface area contributed by atoms with Gasteiger partial charge in [-0.25, -0.2) is 4.79 Å². The molecule has 0 heterocycles. The van der Waals surface area contributed by atoms with E-state index in [0.717, 1.165) is 10.2 Å². The molecule has 0 fully saturated rings. The minimum absolute atomic E-state index is 0.566. The normalized spacial score (nSPS) is 10.1. The topological polar surface area (TPSA) is 67.2 Å². The summed E-state index contributed by atoms with van der Waals surface area (Å²) in [7, 11) is 0. The minimum atomic E-state index is -0.566. The van der Waals surface area contributed by atoms with Crippen molar-refractivity contribution in [2.24, 2.45) is 5.73 Å². The molecule has 104 valence electrons. The van der Waals surface area contributed by atoms with Gasteiger partial charge in [-0.3, -0.25) is 0 Å². The van der Waals surface area contributed by atoms with E-state index in [1.807, 2.05) is 18.2 Å². The second-order valence-electron chi connectivity index (χ2n) is 4.52. The Bertz CT molecular complexity index is 628. The molecule has 4 N–H and O–H groups in total. The molecule has 0 aromatic heterocycles. The average molecular weight is 334 g/mol. The van der Waals surface area contributed by atoms with E-state index in [1.54, 1.807) is 6.07 Å². The van der Waals surface area contributed by atoms with Crippen LogP contribution in [0.15, 0.2) is 46.9 Å². The molecule has 2 aromatic carbocycles. The van der Waals surface area contributed by atoms with Crippen LogP contribution < -0.4 is 16.4 Å². The summed E-state index contributed by atoms with van der Waals surface area (Å²) in [5.41, 5.74) is 9.08. The fraction of sp³-hybridized carbons (Fsp3) is 0.133. The number of anilines is 2. The van der Waals surface area contributed by atoms with E-state index in [0.29, 0.717) is 12.2 Å². The van der Waals surface area contributed by atoms with E-state index in [9.17, 15) is 4.79 Å². The first-order chi connectivity index (χ1) is 9.54. The second-order valence-corrected chi connectivity index (χ2v) is 5.37. The average Bonchev–Trinajstić information content (AvgIpc) is 2.37. The van der Waals surface area contributed by atoms with Crippen molar-refractivity contribution in [3.05, 3.63) is 58.1 Å². The van der Waals surface area contributed by atoms with Crippen LogP contribution in [0.25, 0.3) is 0 Å². The summed E-state index contributed by atoms with van der Waals surface area (Å²) in [6, 6.07) is 13.1. The van der Waals surface area contributed by atoms with Gasteiger partial charge in [0.2, 0.25) is 0 Å².